The SMILES string of the molecule is [CH2]C(I)CC(F)(C(F)(F)F)C(F)(F)F. The summed E-state index contributed by atoms with van der Waals surface area (Å²) in [7, 11) is 0. The molecule has 0 fully saturated rings. The Kier molecular flexibility index (Phi) is 4.08. The molecule has 0 aliphatic rings. The molecule has 0 N–H and O–H groups in total. The van der Waals surface area contributed by atoms with E-state index in [0.29, 0.717) is 0 Å². The van der Waals surface area contributed by atoms with Crippen LogP contribution in [0.2, 0.25) is 0 Å². The molecule has 0 nitrogen and oxygen atoms in total. The minimum absolute atomic E-state index is 1.20. The highest BCUT2D eigenvalue weighted by Gasteiger charge is 2.72. The number of hydrogen-bond donors (Lipinski definition) is 0. The number of alkyl halides is 8. The first-order valence-corrected chi connectivity index (χ1v) is 4.46. The lowest BCUT2D eigenvalue weighted by molar-refractivity contribution is -0.342. The van der Waals surface area contributed by atoms with Crippen molar-refractivity contribution in [2.45, 2.75) is 28.4 Å². The molecule has 1 unspecified atom stereocenters. The molecule has 8 heteroatoms. The van der Waals surface area contributed by atoms with Gasteiger partial charge in [0.2, 0.25) is 0 Å². The van der Waals surface area contributed by atoms with Gasteiger partial charge in [0.15, 0.2) is 0 Å². The minimum atomic E-state index is -5.97. The van der Waals surface area contributed by atoms with Crippen LogP contribution >= 0.6 is 22.6 Å². The third-order valence-electron chi connectivity index (χ3n) is 1.40. The zero-order valence-corrected chi connectivity index (χ0v) is 8.67. The lowest BCUT2D eigenvalue weighted by Crippen LogP contribution is -2.54. The molecule has 0 rings (SSSR count). The topological polar surface area (TPSA) is 0 Å². The third-order valence-corrected chi connectivity index (χ3v) is 1.84. The molecule has 14 heavy (non-hydrogen) atoms. The molecular weight excluding hydrogens is 332 g/mol. The van der Waals surface area contributed by atoms with Crippen molar-refractivity contribution in [3.8, 4) is 0 Å². The van der Waals surface area contributed by atoms with Gasteiger partial charge in [-0.15, -0.1) is 0 Å². The van der Waals surface area contributed by atoms with Crippen molar-refractivity contribution in [3.05, 3.63) is 6.92 Å². The Labute approximate surface area is 89.0 Å². The lowest BCUT2D eigenvalue weighted by atomic mass is 9.99. The van der Waals surface area contributed by atoms with Crippen molar-refractivity contribution in [2.24, 2.45) is 0 Å². The highest BCUT2D eigenvalue weighted by molar-refractivity contribution is 14.1. The van der Waals surface area contributed by atoms with E-state index in [9.17, 15) is 30.7 Å². The Morgan fingerprint density at radius 3 is 1.29 bits per heavy atom. The van der Waals surface area contributed by atoms with E-state index in [2.05, 4.69) is 6.92 Å². The van der Waals surface area contributed by atoms with Gasteiger partial charge in [-0.1, -0.05) is 22.6 Å². The van der Waals surface area contributed by atoms with Crippen molar-refractivity contribution in [3.63, 3.8) is 0 Å². The average molecular weight is 337 g/mol. The van der Waals surface area contributed by atoms with Crippen LogP contribution in [0.25, 0.3) is 0 Å². The monoisotopic (exact) mass is 337 g/mol. The summed E-state index contributed by atoms with van der Waals surface area (Å²) in [6.45, 7) is 2.90. The van der Waals surface area contributed by atoms with E-state index in [1.807, 2.05) is 0 Å². The van der Waals surface area contributed by atoms with Crippen LogP contribution in [0.15, 0.2) is 0 Å². The highest BCUT2D eigenvalue weighted by atomic mass is 127. The van der Waals surface area contributed by atoms with Crippen LogP contribution in [-0.4, -0.2) is 21.9 Å². The van der Waals surface area contributed by atoms with Crippen LogP contribution < -0.4 is 0 Å². The normalized spacial score (nSPS) is 16.9. The van der Waals surface area contributed by atoms with Crippen molar-refractivity contribution in [1.29, 1.82) is 0 Å². The van der Waals surface area contributed by atoms with Gasteiger partial charge >= 0.3 is 12.4 Å². The average Bonchev–Trinajstić information content (AvgIpc) is 1.79. The van der Waals surface area contributed by atoms with Gasteiger partial charge < -0.3 is 0 Å². The lowest BCUT2D eigenvalue weighted by Gasteiger charge is -2.30. The van der Waals surface area contributed by atoms with E-state index in [-0.39, 0.29) is 0 Å². The zero-order chi connectivity index (χ0) is 11.8. The summed E-state index contributed by atoms with van der Waals surface area (Å²) in [5, 5.41) is 0. The molecule has 1 radical (unpaired) electrons. The van der Waals surface area contributed by atoms with Crippen LogP contribution in [-0.2, 0) is 0 Å². The largest absolute Gasteiger partial charge is 0.431 e. The van der Waals surface area contributed by atoms with Crippen molar-refractivity contribution >= 4 is 22.6 Å². The molecule has 0 aliphatic carbocycles. The fraction of sp³-hybridized carbons (Fsp3) is 0.833. The maximum absolute atomic E-state index is 12.8. The highest BCUT2D eigenvalue weighted by Crippen LogP contribution is 2.49. The molecule has 0 aliphatic heterocycles. The summed E-state index contributed by atoms with van der Waals surface area (Å²) >= 11 is 1.20. The molecular formula is C6H5F7I. The second-order valence-electron chi connectivity index (χ2n) is 2.60. The van der Waals surface area contributed by atoms with Crippen molar-refractivity contribution in [2.75, 3.05) is 0 Å². The smallest absolute Gasteiger partial charge is 0.224 e. The molecule has 0 bridgehead atoms. The van der Waals surface area contributed by atoms with Crippen LogP contribution in [0.5, 0.6) is 0 Å². The summed E-state index contributed by atoms with van der Waals surface area (Å²) in [6.07, 6.45) is -13.7. The maximum Gasteiger partial charge on any atom is 0.431 e. The van der Waals surface area contributed by atoms with E-state index < -0.39 is 28.4 Å². The molecule has 0 spiro atoms. The van der Waals surface area contributed by atoms with E-state index in [0.717, 1.165) is 0 Å². The van der Waals surface area contributed by atoms with Gasteiger partial charge in [-0.05, 0) is 6.92 Å². The predicted octanol–water partition coefficient (Wildman–Crippen LogP) is 3.85. The van der Waals surface area contributed by atoms with Crippen LogP contribution in [0.4, 0.5) is 30.7 Å². The Morgan fingerprint density at radius 1 is 0.929 bits per heavy atom. The van der Waals surface area contributed by atoms with Crippen molar-refractivity contribution in [1.82, 2.24) is 0 Å². The summed E-state index contributed by atoms with van der Waals surface area (Å²) in [4.78, 5) is 0. The van der Waals surface area contributed by atoms with Gasteiger partial charge in [-0.2, -0.15) is 26.3 Å². The first-order chi connectivity index (χ1) is 5.92. The predicted molar refractivity (Wildman–Crippen MR) is 43.7 cm³/mol. The van der Waals surface area contributed by atoms with E-state index in [4.69, 9.17) is 0 Å². The fourth-order valence-corrected chi connectivity index (χ4v) is 1.30. The van der Waals surface area contributed by atoms with Crippen LogP contribution in [0, 0.1) is 6.92 Å². The second-order valence-corrected chi connectivity index (χ2v) is 4.36. The Bertz CT molecular complexity index is 177. The van der Waals surface area contributed by atoms with Gasteiger partial charge in [0.1, 0.15) is 0 Å². The summed E-state index contributed by atoms with van der Waals surface area (Å²) < 4.78 is 82.5. The first-order valence-electron chi connectivity index (χ1n) is 3.21. The van der Waals surface area contributed by atoms with E-state index in [1.165, 1.54) is 22.6 Å². The van der Waals surface area contributed by atoms with Crippen molar-refractivity contribution < 1.29 is 30.7 Å². The number of rotatable bonds is 2. The van der Waals surface area contributed by atoms with Crippen LogP contribution in [0.1, 0.15) is 6.42 Å². The van der Waals surface area contributed by atoms with E-state index in [1.54, 1.807) is 0 Å². The van der Waals surface area contributed by atoms with Gasteiger partial charge in [-0.25, -0.2) is 4.39 Å². The molecule has 0 heterocycles. The second kappa shape index (κ2) is 4.01. The molecule has 0 saturated carbocycles. The van der Waals surface area contributed by atoms with Gasteiger partial charge in [0.25, 0.3) is 5.67 Å². The Morgan fingerprint density at radius 2 is 1.21 bits per heavy atom. The maximum atomic E-state index is 12.8. The minimum Gasteiger partial charge on any atom is -0.224 e. The standard InChI is InChI=1S/C6H5F7I/c1-3(14)2-4(7,5(8,9)10)6(11,12)13/h3H,1-2H2. The Hall–Kier alpha value is 0.240. The fourth-order valence-electron chi connectivity index (χ4n) is 0.697. The molecule has 0 saturated heterocycles. The first kappa shape index (κ1) is 14.2. The summed E-state index contributed by atoms with van der Waals surface area (Å²) in [5.41, 5.74) is -5.17. The number of halogens is 8. The Balaban J connectivity index is 5.07. The number of hydrogen-bond acceptors (Lipinski definition) is 0. The van der Waals surface area contributed by atoms with Gasteiger partial charge in [-0.3, -0.25) is 0 Å². The summed E-state index contributed by atoms with van der Waals surface area (Å²) in [5.74, 6) is 0. The van der Waals surface area contributed by atoms with E-state index >= 15 is 0 Å². The van der Waals surface area contributed by atoms with Gasteiger partial charge in [0, 0.05) is 10.3 Å². The zero-order valence-electron chi connectivity index (χ0n) is 6.52. The molecule has 1 atom stereocenters. The molecule has 0 amide bonds. The quantitative estimate of drug-likeness (QED) is 0.408. The van der Waals surface area contributed by atoms with Gasteiger partial charge in [0.05, 0.1) is 0 Å². The molecule has 0 aromatic carbocycles. The third kappa shape index (κ3) is 2.86. The molecule has 0 aromatic rings. The summed E-state index contributed by atoms with van der Waals surface area (Å²) in [6, 6.07) is 0. The molecule has 85 valence electrons. The van der Waals surface area contributed by atoms with Crippen LogP contribution in [0.3, 0.4) is 0 Å². The molecule has 0 aromatic heterocycles.